The minimum atomic E-state index is 0.144. The number of ether oxygens (including phenoxy) is 2. The highest BCUT2D eigenvalue weighted by atomic mass is 16.5. The number of methoxy groups -OCH3 is 2. The number of nitrogens with zero attached hydrogens (tertiary/aromatic N) is 1. The molecule has 5 heteroatoms. The van der Waals surface area contributed by atoms with Crippen LogP contribution in [0.1, 0.15) is 32.3 Å². The minimum Gasteiger partial charge on any atom is -0.493 e. The first-order chi connectivity index (χ1) is 11.6. The number of carbonyl (C=O) groups is 1. The first kappa shape index (κ1) is 18.6. The van der Waals surface area contributed by atoms with Crippen LogP contribution in [0.25, 0.3) is 0 Å². The van der Waals surface area contributed by atoms with Crippen LogP contribution >= 0.6 is 0 Å². The summed E-state index contributed by atoms with van der Waals surface area (Å²) in [4.78, 5) is 16.1. The fourth-order valence-corrected chi connectivity index (χ4v) is 3.68. The summed E-state index contributed by atoms with van der Waals surface area (Å²) in [5.41, 5.74) is 1.14. The summed E-state index contributed by atoms with van der Waals surface area (Å²) < 4.78 is 10.9. The van der Waals surface area contributed by atoms with E-state index in [1.54, 1.807) is 14.2 Å². The molecule has 0 radical (unpaired) electrons. The lowest BCUT2D eigenvalue weighted by atomic mass is 9.96. The molecule has 1 N–H and O–H groups in total. The summed E-state index contributed by atoms with van der Waals surface area (Å²) in [6.07, 6.45) is 2.10. The van der Waals surface area contributed by atoms with E-state index in [4.69, 9.17) is 9.47 Å². The molecule has 1 aliphatic rings. The van der Waals surface area contributed by atoms with Crippen LogP contribution in [0.2, 0.25) is 0 Å². The number of rotatable bonds is 7. The number of carbonyl (C=O) groups excluding carboxylic acids is 1. The second kappa shape index (κ2) is 8.92. The fourth-order valence-electron chi connectivity index (χ4n) is 3.68. The van der Waals surface area contributed by atoms with Gasteiger partial charge in [0.15, 0.2) is 11.5 Å². The first-order valence-corrected chi connectivity index (χ1v) is 8.96. The van der Waals surface area contributed by atoms with E-state index >= 15 is 0 Å². The van der Waals surface area contributed by atoms with Gasteiger partial charge in [0.25, 0.3) is 0 Å². The molecule has 1 amide bonds. The van der Waals surface area contributed by atoms with E-state index in [0.717, 1.165) is 62.6 Å². The number of nitrogens with one attached hydrogen (secondary N) is 1. The zero-order chi connectivity index (χ0) is 17.5. The Labute approximate surface area is 145 Å². The lowest BCUT2D eigenvalue weighted by molar-refractivity contribution is -0.921. The third-order valence-electron chi connectivity index (χ3n) is 4.97. The lowest BCUT2D eigenvalue weighted by Crippen LogP contribution is -3.12. The van der Waals surface area contributed by atoms with Crippen molar-refractivity contribution < 1.29 is 19.2 Å². The van der Waals surface area contributed by atoms with Gasteiger partial charge in [-0.05, 0) is 38.8 Å². The number of hydrogen-bond acceptors (Lipinski definition) is 3. The Kier molecular flexibility index (Phi) is 6.91. The third-order valence-corrected chi connectivity index (χ3v) is 4.97. The molecule has 1 fully saturated rings. The Morgan fingerprint density at radius 3 is 2.62 bits per heavy atom. The highest BCUT2D eigenvalue weighted by molar-refractivity contribution is 5.78. The Hall–Kier alpha value is -1.75. The van der Waals surface area contributed by atoms with Crippen LogP contribution in [0.4, 0.5) is 0 Å². The molecule has 2 rings (SSSR count). The van der Waals surface area contributed by atoms with Crippen LogP contribution in [0.3, 0.4) is 0 Å². The van der Waals surface area contributed by atoms with Crippen molar-refractivity contribution in [3.8, 4) is 11.5 Å². The maximum absolute atomic E-state index is 12.6. The zero-order valence-corrected chi connectivity index (χ0v) is 15.4. The summed E-state index contributed by atoms with van der Waals surface area (Å²) in [5.74, 6) is 2.03. The Morgan fingerprint density at radius 1 is 1.25 bits per heavy atom. The summed E-state index contributed by atoms with van der Waals surface area (Å²) >= 11 is 0. The lowest BCUT2D eigenvalue weighted by Gasteiger charge is -2.32. The summed E-state index contributed by atoms with van der Waals surface area (Å²) in [6, 6.07) is 6.00. The van der Waals surface area contributed by atoms with Crippen LogP contribution in [-0.4, -0.2) is 51.2 Å². The molecule has 2 atom stereocenters. The normalized spacial score (nSPS) is 20.5. The van der Waals surface area contributed by atoms with Crippen LogP contribution in [0.15, 0.2) is 18.2 Å². The second-order valence-corrected chi connectivity index (χ2v) is 6.38. The van der Waals surface area contributed by atoms with E-state index in [2.05, 4.69) is 19.9 Å². The SMILES string of the molecule is CCN(CC)C(=O)[C@@H]1CCC[NH+](Cc2cccc(OC)c2OC)C1. The van der Waals surface area contributed by atoms with Crippen molar-refractivity contribution in [2.24, 2.45) is 5.92 Å². The number of para-hydroxylation sites is 1. The molecule has 1 aromatic rings. The van der Waals surface area contributed by atoms with E-state index in [9.17, 15) is 4.79 Å². The van der Waals surface area contributed by atoms with Gasteiger partial charge in [-0.15, -0.1) is 0 Å². The molecule has 5 nitrogen and oxygen atoms in total. The largest absolute Gasteiger partial charge is 0.493 e. The molecule has 1 saturated heterocycles. The highest BCUT2D eigenvalue weighted by Gasteiger charge is 2.31. The molecule has 24 heavy (non-hydrogen) atoms. The maximum Gasteiger partial charge on any atom is 0.231 e. The van der Waals surface area contributed by atoms with Crippen LogP contribution in [0.5, 0.6) is 11.5 Å². The van der Waals surface area contributed by atoms with Crippen molar-refractivity contribution in [1.29, 1.82) is 0 Å². The van der Waals surface area contributed by atoms with Crippen molar-refractivity contribution in [3.63, 3.8) is 0 Å². The second-order valence-electron chi connectivity index (χ2n) is 6.38. The quantitative estimate of drug-likeness (QED) is 0.818. The molecule has 1 aliphatic heterocycles. The van der Waals surface area contributed by atoms with Crippen molar-refractivity contribution in [2.45, 2.75) is 33.2 Å². The first-order valence-electron chi connectivity index (χ1n) is 8.96. The molecule has 134 valence electrons. The topological polar surface area (TPSA) is 43.2 Å². The predicted octanol–water partition coefficient (Wildman–Crippen LogP) is 1.37. The molecule has 0 bridgehead atoms. The van der Waals surface area contributed by atoms with Crippen molar-refractivity contribution >= 4 is 5.91 Å². The highest BCUT2D eigenvalue weighted by Crippen LogP contribution is 2.30. The van der Waals surface area contributed by atoms with E-state index in [0.29, 0.717) is 5.91 Å². The Balaban J connectivity index is 2.07. The van der Waals surface area contributed by atoms with Crippen molar-refractivity contribution in [2.75, 3.05) is 40.4 Å². The van der Waals surface area contributed by atoms with E-state index in [-0.39, 0.29) is 5.92 Å². The molecule has 0 aliphatic carbocycles. The van der Waals surface area contributed by atoms with Gasteiger partial charge in [0, 0.05) is 13.1 Å². The number of likely N-dealkylation sites (tertiary alicyclic amines) is 1. The molecular weight excluding hydrogens is 304 g/mol. The standard InChI is InChI=1S/C19H30N2O3/c1-5-21(6-2)19(22)16-10-8-12-20(14-16)13-15-9-7-11-17(23-3)18(15)24-4/h7,9,11,16H,5-6,8,10,12-14H2,1-4H3/p+1/t16-/m1/s1. The number of amides is 1. The van der Waals surface area contributed by atoms with Gasteiger partial charge in [-0.25, -0.2) is 0 Å². The van der Waals surface area contributed by atoms with Gasteiger partial charge in [0.1, 0.15) is 6.54 Å². The van der Waals surface area contributed by atoms with E-state index in [1.807, 2.05) is 17.0 Å². The number of hydrogen-bond donors (Lipinski definition) is 1. The molecule has 0 aromatic heterocycles. The fraction of sp³-hybridized carbons (Fsp3) is 0.632. The van der Waals surface area contributed by atoms with Crippen LogP contribution < -0.4 is 14.4 Å². The molecule has 1 heterocycles. The van der Waals surface area contributed by atoms with Crippen LogP contribution in [-0.2, 0) is 11.3 Å². The Morgan fingerprint density at radius 2 is 2.00 bits per heavy atom. The van der Waals surface area contributed by atoms with Gasteiger partial charge in [-0.3, -0.25) is 4.79 Å². The van der Waals surface area contributed by atoms with Gasteiger partial charge in [-0.2, -0.15) is 0 Å². The number of benzene rings is 1. The summed E-state index contributed by atoms with van der Waals surface area (Å²) in [7, 11) is 3.34. The average molecular weight is 335 g/mol. The smallest absolute Gasteiger partial charge is 0.231 e. The van der Waals surface area contributed by atoms with Crippen LogP contribution in [0, 0.1) is 5.92 Å². The average Bonchev–Trinajstić information content (AvgIpc) is 2.62. The van der Waals surface area contributed by atoms with Gasteiger partial charge < -0.3 is 19.3 Å². The zero-order valence-electron chi connectivity index (χ0n) is 15.4. The maximum atomic E-state index is 12.6. The van der Waals surface area contributed by atoms with Gasteiger partial charge in [0.2, 0.25) is 5.91 Å². The molecule has 1 unspecified atom stereocenters. The van der Waals surface area contributed by atoms with Gasteiger partial charge in [0.05, 0.1) is 38.8 Å². The minimum absolute atomic E-state index is 0.144. The predicted molar refractivity (Wildman–Crippen MR) is 94.6 cm³/mol. The van der Waals surface area contributed by atoms with E-state index in [1.165, 1.54) is 4.90 Å². The molecule has 0 spiro atoms. The summed E-state index contributed by atoms with van der Waals surface area (Å²) in [6.45, 7) is 8.56. The van der Waals surface area contributed by atoms with Gasteiger partial charge in [-0.1, -0.05) is 6.07 Å². The number of piperidine rings is 1. The molecular formula is C19H31N2O3+. The molecule has 1 aromatic carbocycles. The van der Waals surface area contributed by atoms with E-state index < -0.39 is 0 Å². The molecule has 0 saturated carbocycles. The summed E-state index contributed by atoms with van der Waals surface area (Å²) in [5, 5.41) is 0. The number of quaternary nitrogens is 1. The van der Waals surface area contributed by atoms with Gasteiger partial charge >= 0.3 is 0 Å². The van der Waals surface area contributed by atoms with Crippen molar-refractivity contribution in [3.05, 3.63) is 23.8 Å². The monoisotopic (exact) mass is 335 g/mol. The van der Waals surface area contributed by atoms with Crippen molar-refractivity contribution in [1.82, 2.24) is 4.90 Å². The third kappa shape index (κ3) is 4.20. The Bertz CT molecular complexity index is 543.